The zero-order chi connectivity index (χ0) is 16.8. The van der Waals surface area contributed by atoms with Crippen LogP contribution in [0.4, 0.5) is 4.79 Å². The van der Waals surface area contributed by atoms with Gasteiger partial charge >= 0.3 is 6.09 Å². The predicted octanol–water partition coefficient (Wildman–Crippen LogP) is 3.56. The van der Waals surface area contributed by atoms with Crippen molar-refractivity contribution in [2.24, 2.45) is 0 Å². The fourth-order valence-corrected chi connectivity index (χ4v) is 4.13. The number of alkyl halides is 1. The summed E-state index contributed by atoms with van der Waals surface area (Å²) < 4.78 is 28.5. The first-order chi connectivity index (χ1) is 10.1. The van der Waals surface area contributed by atoms with Crippen molar-refractivity contribution in [1.29, 1.82) is 0 Å². The summed E-state index contributed by atoms with van der Waals surface area (Å²) in [5.41, 5.74) is -0.504. The summed E-state index contributed by atoms with van der Waals surface area (Å²) in [6, 6.07) is 0. The highest BCUT2D eigenvalue weighted by Gasteiger charge is 2.25. The van der Waals surface area contributed by atoms with E-state index in [1.165, 1.54) is 0 Å². The largest absolute Gasteiger partial charge is 0.444 e. The van der Waals surface area contributed by atoms with Gasteiger partial charge in [-0.15, -0.1) is 11.6 Å². The third-order valence-corrected chi connectivity index (χ3v) is 6.41. The number of sulfone groups is 1. The lowest BCUT2D eigenvalue weighted by Gasteiger charge is -2.28. The zero-order valence-electron chi connectivity index (χ0n) is 13.8. The minimum absolute atomic E-state index is 0.133. The summed E-state index contributed by atoms with van der Waals surface area (Å²) in [5.74, 6) is 0.133. The number of halogens is 1. The minimum Gasteiger partial charge on any atom is -0.444 e. The monoisotopic (exact) mass is 353 g/mol. The summed E-state index contributed by atoms with van der Waals surface area (Å²) in [6.07, 6.45) is 3.70. The number of nitrogens with zero attached hydrogens (tertiary/aromatic N) is 1. The van der Waals surface area contributed by atoms with Gasteiger partial charge in [-0.2, -0.15) is 0 Å². The molecule has 1 saturated heterocycles. The Labute approximate surface area is 139 Å². The average Bonchev–Trinajstić information content (AvgIpc) is 2.36. The fraction of sp³-hybridized carbons (Fsp3) is 0.933. The number of carbonyl (C=O) groups is 1. The number of ether oxygens (including phenoxy) is 1. The number of carbonyl (C=O) groups excluding carboxylic acids is 1. The molecule has 1 amide bonds. The molecule has 1 unspecified atom stereocenters. The van der Waals surface area contributed by atoms with Gasteiger partial charge in [0.2, 0.25) is 0 Å². The molecule has 1 rings (SSSR count). The van der Waals surface area contributed by atoms with E-state index < -0.39 is 20.1 Å². The highest BCUT2D eigenvalue weighted by atomic mass is 35.5. The Hall–Kier alpha value is -0.490. The van der Waals surface area contributed by atoms with E-state index in [0.29, 0.717) is 32.4 Å². The Morgan fingerprint density at radius 2 is 1.68 bits per heavy atom. The Kier molecular flexibility index (Phi) is 7.46. The van der Waals surface area contributed by atoms with E-state index in [4.69, 9.17) is 16.3 Å². The third kappa shape index (κ3) is 7.18. The lowest BCUT2D eigenvalue weighted by Crippen LogP contribution is -2.38. The van der Waals surface area contributed by atoms with E-state index in [2.05, 4.69) is 0 Å². The second-order valence-corrected chi connectivity index (χ2v) is 9.89. The Balaban J connectivity index is 2.61. The molecule has 1 heterocycles. The third-order valence-electron chi connectivity index (χ3n) is 3.51. The second-order valence-electron chi connectivity index (χ2n) is 6.80. The maximum Gasteiger partial charge on any atom is 0.410 e. The molecule has 0 N–H and O–H groups in total. The van der Waals surface area contributed by atoms with Crippen LogP contribution in [0.3, 0.4) is 0 Å². The quantitative estimate of drug-likeness (QED) is 0.624. The molecule has 130 valence electrons. The summed E-state index contributed by atoms with van der Waals surface area (Å²) >= 11 is 6.00. The van der Waals surface area contributed by atoms with Crippen LogP contribution in [0, 0.1) is 0 Å². The molecule has 0 aliphatic carbocycles. The summed E-state index contributed by atoms with van der Waals surface area (Å²) in [7, 11) is -3.18. The van der Waals surface area contributed by atoms with Gasteiger partial charge < -0.3 is 9.64 Å². The molecule has 22 heavy (non-hydrogen) atoms. The van der Waals surface area contributed by atoms with Crippen LogP contribution < -0.4 is 0 Å². The van der Waals surface area contributed by atoms with Crippen molar-refractivity contribution in [3.63, 3.8) is 0 Å². The Morgan fingerprint density at radius 1 is 1.09 bits per heavy atom. The Morgan fingerprint density at radius 3 is 2.27 bits per heavy atom. The van der Waals surface area contributed by atoms with Gasteiger partial charge in [-0.25, -0.2) is 13.2 Å². The maximum atomic E-state index is 12.2. The molecule has 1 fully saturated rings. The van der Waals surface area contributed by atoms with E-state index in [9.17, 15) is 13.2 Å². The minimum atomic E-state index is -3.18. The fourth-order valence-electron chi connectivity index (χ4n) is 2.32. The summed E-state index contributed by atoms with van der Waals surface area (Å²) in [6.45, 7) is 6.75. The molecule has 0 bridgehead atoms. The topological polar surface area (TPSA) is 63.7 Å². The van der Waals surface area contributed by atoms with Crippen molar-refractivity contribution < 1.29 is 17.9 Å². The smallest absolute Gasteiger partial charge is 0.410 e. The van der Waals surface area contributed by atoms with Crippen LogP contribution in [-0.2, 0) is 14.6 Å². The molecule has 0 aromatic heterocycles. The maximum absolute atomic E-state index is 12.2. The van der Waals surface area contributed by atoms with Gasteiger partial charge in [0.1, 0.15) is 10.3 Å². The number of amides is 1. The van der Waals surface area contributed by atoms with Gasteiger partial charge in [0.25, 0.3) is 0 Å². The molecule has 5 nitrogen and oxygen atoms in total. The van der Waals surface area contributed by atoms with Crippen LogP contribution in [0.25, 0.3) is 0 Å². The molecule has 0 spiro atoms. The van der Waals surface area contributed by atoms with Crippen molar-refractivity contribution in [2.75, 3.05) is 18.8 Å². The van der Waals surface area contributed by atoms with E-state index in [0.717, 1.165) is 19.3 Å². The summed E-state index contributed by atoms with van der Waals surface area (Å²) in [5, 5.41) is 0. The van der Waals surface area contributed by atoms with Crippen molar-refractivity contribution in [3.05, 3.63) is 0 Å². The van der Waals surface area contributed by atoms with Crippen molar-refractivity contribution in [2.45, 2.75) is 69.6 Å². The Bertz CT molecular complexity index is 459. The average molecular weight is 354 g/mol. The molecule has 1 atom stereocenters. The highest BCUT2D eigenvalue weighted by molar-refractivity contribution is 7.93. The van der Waals surface area contributed by atoms with Gasteiger partial charge in [0.05, 0.1) is 5.75 Å². The lowest BCUT2D eigenvalue weighted by atomic mass is 10.2. The molecule has 0 saturated carbocycles. The molecular weight excluding hydrogens is 326 g/mol. The lowest BCUT2D eigenvalue weighted by molar-refractivity contribution is 0.0243. The normalized spacial score (nSPS) is 24.9. The van der Waals surface area contributed by atoms with Gasteiger partial charge in [-0.3, -0.25) is 0 Å². The number of hydrogen-bond acceptors (Lipinski definition) is 4. The standard InChI is InChI=1S/C15H28ClNO4S/c1-15(2,3)21-14(18)17-10-6-4-8-12-22(19,20)13(16)9-5-7-11-17/h13H,4-12H2,1-3H3. The van der Waals surface area contributed by atoms with Gasteiger partial charge in [0, 0.05) is 13.1 Å². The van der Waals surface area contributed by atoms with E-state index in [1.54, 1.807) is 4.90 Å². The molecule has 0 aromatic rings. The van der Waals surface area contributed by atoms with Gasteiger partial charge in [-0.05, 0) is 52.9 Å². The molecule has 1 aliphatic rings. The van der Waals surface area contributed by atoms with Crippen molar-refractivity contribution in [3.8, 4) is 0 Å². The van der Waals surface area contributed by atoms with Crippen molar-refractivity contribution >= 4 is 27.5 Å². The molecule has 1 aliphatic heterocycles. The van der Waals surface area contributed by atoms with Crippen LogP contribution in [0.1, 0.15) is 59.3 Å². The van der Waals surface area contributed by atoms with Crippen LogP contribution in [0.2, 0.25) is 0 Å². The number of hydrogen-bond donors (Lipinski definition) is 0. The van der Waals surface area contributed by atoms with E-state index in [-0.39, 0.29) is 11.8 Å². The van der Waals surface area contributed by atoms with Gasteiger partial charge in [-0.1, -0.05) is 6.42 Å². The SMILES string of the molecule is CC(C)(C)OC(=O)N1CCCCCS(=O)(=O)C(Cl)CCCC1. The first-order valence-corrected chi connectivity index (χ1v) is 10.1. The predicted molar refractivity (Wildman–Crippen MR) is 88.9 cm³/mol. The van der Waals surface area contributed by atoms with Crippen LogP contribution in [0.5, 0.6) is 0 Å². The first-order valence-electron chi connectivity index (χ1n) is 7.95. The van der Waals surface area contributed by atoms with Crippen LogP contribution >= 0.6 is 11.6 Å². The van der Waals surface area contributed by atoms with Gasteiger partial charge in [0.15, 0.2) is 9.84 Å². The van der Waals surface area contributed by atoms with Crippen molar-refractivity contribution in [1.82, 2.24) is 4.90 Å². The van der Waals surface area contributed by atoms with E-state index >= 15 is 0 Å². The van der Waals surface area contributed by atoms with Crippen LogP contribution in [0.15, 0.2) is 0 Å². The number of rotatable bonds is 0. The first kappa shape index (κ1) is 19.6. The molecular formula is C15H28ClNO4S. The highest BCUT2D eigenvalue weighted by Crippen LogP contribution is 2.19. The van der Waals surface area contributed by atoms with E-state index in [1.807, 2.05) is 20.8 Å². The summed E-state index contributed by atoms with van der Waals surface area (Å²) in [4.78, 5) is 13.9. The molecule has 0 aromatic carbocycles. The second kappa shape index (κ2) is 8.39. The molecule has 0 radical (unpaired) electrons. The van der Waals surface area contributed by atoms with Crippen LogP contribution in [-0.4, -0.2) is 48.6 Å². The zero-order valence-corrected chi connectivity index (χ0v) is 15.4. The molecule has 7 heteroatoms.